The molecule has 0 aromatic rings. The molecule has 0 N–H and O–H groups in total. The van der Waals surface area contributed by atoms with E-state index in [-0.39, 0.29) is 0 Å². The Hall–Kier alpha value is -0.520. The maximum Gasteiger partial charge on any atom is -0.0169 e. The Kier molecular flexibility index (Phi) is 13.0. The molecule has 1 aliphatic rings. The highest BCUT2D eigenvalue weighted by molar-refractivity contribution is 4.92. The molecule has 116 valence electrons. The van der Waals surface area contributed by atoms with E-state index in [1.807, 2.05) is 0 Å². The lowest BCUT2D eigenvalue weighted by molar-refractivity contribution is 0.537. The van der Waals surface area contributed by atoms with Crippen molar-refractivity contribution in [1.82, 2.24) is 0 Å². The molecule has 0 saturated heterocycles. The van der Waals surface area contributed by atoms with Crippen LogP contribution in [0.5, 0.6) is 0 Å². The van der Waals surface area contributed by atoms with Crippen LogP contribution in [0.25, 0.3) is 0 Å². The van der Waals surface area contributed by atoms with Crippen molar-refractivity contribution in [2.75, 3.05) is 0 Å². The van der Waals surface area contributed by atoms with Crippen LogP contribution in [0, 0.1) is 0 Å². The average molecular weight is 277 g/mol. The number of rotatable bonds is 0. The minimum atomic E-state index is 1.14. The van der Waals surface area contributed by atoms with Crippen molar-refractivity contribution < 1.29 is 0 Å². The van der Waals surface area contributed by atoms with Gasteiger partial charge < -0.3 is 0 Å². The van der Waals surface area contributed by atoms with Crippen molar-refractivity contribution in [1.29, 1.82) is 0 Å². The van der Waals surface area contributed by atoms with Gasteiger partial charge in [-0.15, -0.1) is 0 Å². The summed E-state index contributed by atoms with van der Waals surface area (Å²) in [5.41, 5.74) is 0. The first-order valence-corrected chi connectivity index (χ1v) is 9.30. The Morgan fingerprint density at radius 2 is 0.600 bits per heavy atom. The van der Waals surface area contributed by atoms with Crippen LogP contribution in [-0.4, -0.2) is 0 Å². The van der Waals surface area contributed by atoms with Crippen molar-refractivity contribution in [2.24, 2.45) is 0 Å². The van der Waals surface area contributed by atoms with Crippen LogP contribution < -0.4 is 0 Å². The molecule has 0 heterocycles. The molecule has 0 radical (unpaired) electrons. The molecule has 1 rings (SSSR count). The van der Waals surface area contributed by atoms with E-state index in [9.17, 15) is 0 Å². The summed E-state index contributed by atoms with van der Waals surface area (Å²) in [6, 6.07) is 0. The first-order chi connectivity index (χ1) is 10.0. The van der Waals surface area contributed by atoms with Crippen molar-refractivity contribution in [3.8, 4) is 0 Å². The fourth-order valence-corrected chi connectivity index (χ4v) is 2.98. The van der Waals surface area contributed by atoms with Gasteiger partial charge in [0.1, 0.15) is 0 Å². The SMILES string of the molecule is C1=C\CCCCCCCCCCCCCCC/C=C\C/1. The summed E-state index contributed by atoms with van der Waals surface area (Å²) >= 11 is 0. The smallest absolute Gasteiger partial charge is 0.0169 e. The minimum absolute atomic E-state index is 1.14. The molecule has 0 aromatic carbocycles. The summed E-state index contributed by atoms with van der Waals surface area (Å²) < 4.78 is 0. The zero-order valence-electron chi connectivity index (χ0n) is 13.6. The van der Waals surface area contributed by atoms with Gasteiger partial charge in [0.05, 0.1) is 0 Å². The standard InChI is InChI=1S/C20H36/c1-2-4-6-8-10-12-14-16-18-20-19-17-15-13-11-9-7-5-3-1/h1-2,5,7H,3-4,6,8-20H2/b2-1-,7-5-. The largest absolute Gasteiger partial charge is 0.0882 e. The van der Waals surface area contributed by atoms with E-state index in [0.717, 1.165) is 6.42 Å². The second-order valence-electron chi connectivity index (χ2n) is 6.35. The van der Waals surface area contributed by atoms with Gasteiger partial charge in [0.2, 0.25) is 0 Å². The summed E-state index contributed by atoms with van der Waals surface area (Å²) in [4.78, 5) is 0. The fraction of sp³-hybridized carbons (Fsp3) is 0.800. The quantitative estimate of drug-likeness (QED) is 0.405. The van der Waals surface area contributed by atoms with E-state index in [4.69, 9.17) is 0 Å². The van der Waals surface area contributed by atoms with Gasteiger partial charge in [-0.3, -0.25) is 0 Å². The Morgan fingerprint density at radius 1 is 0.300 bits per heavy atom. The Balaban J connectivity index is 2.11. The van der Waals surface area contributed by atoms with Gasteiger partial charge >= 0.3 is 0 Å². The van der Waals surface area contributed by atoms with E-state index in [1.54, 1.807) is 0 Å². The molecule has 0 amide bonds. The van der Waals surface area contributed by atoms with E-state index < -0.39 is 0 Å². The Labute approximate surface area is 127 Å². The molecule has 0 unspecified atom stereocenters. The second kappa shape index (κ2) is 14.9. The van der Waals surface area contributed by atoms with Crippen molar-refractivity contribution >= 4 is 0 Å². The van der Waals surface area contributed by atoms with Gasteiger partial charge in [0.25, 0.3) is 0 Å². The predicted octanol–water partition coefficient (Wildman–Crippen LogP) is 7.35. The first-order valence-electron chi connectivity index (χ1n) is 9.30. The van der Waals surface area contributed by atoms with Gasteiger partial charge in [0.15, 0.2) is 0 Å². The second-order valence-corrected chi connectivity index (χ2v) is 6.35. The van der Waals surface area contributed by atoms with Crippen LogP contribution in [0.4, 0.5) is 0 Å². The molecule has 0 nitrogen and oxygen atoms in total. The number of hydrogen-bond donors (Lipinski definition) is 0. The van der Waals surface area contributed by atoms with Crippen LogP contribution in [-0.2, 0) is 0 Å². The summed E-state index contributed by atoms with van der Waals surface area (Å²) in [7, 11) is 0. The maximum absolute atomic E-state index is 2.38. The van der Waals surface area contributed by atoms with Crippen LogP contribution >= 0.6 is 0 Å². The third-order valence-electron chi connectivity index (χ3n) is 4.35. The molecule has 20 heavy (non-hydrogen) atoms. The summed E-state index contributed by atoms with van der Waals surface area (Å²) in [6.07, 6.45) is 32.0. The van der Waals surface area contributed by atoms with Crippen molar-refractivity contribution in [2.45, 2.75) is 103 Å². The normalized spacial score (nSPS) is 25.6. The third-order valence-corrected chi connectivity index (χ3v) is 4.35. The van der Waals surface area contributed by atoms with E-state index in [1.165, 1.54) is 96.3 Å². The molecular weight excluding hydrogens is 240 g/mol. The molecule has 0 saturated carbocycles. The lowest BCUT2D eigenvalue weighted by Gasteiger charge is -2.03. The molecule has 0 fully saturated rings. The average Bonchev–Trinajstić information content (AvgIpc) is 2.46. The predicted molar refractivity (Wildman–Crippen MR) is 92.2 cm³/mol. The zero-order valence-corrected chi connectivity index (χ0v) is 13.6. The van der Waals surface area contributed by atoms with E-state index >= 15 is 0 Å². The van der Waals surface area contributed by atoms with Crippen LogP contribution in [0.1, 0.15) is 103 Å². The molecule has 0 heteroatoms. The Bertz CT molecular complexity index is 212. The number of allylic oxidation sites excluding steroid dienone is 4. The maximum atomic E-state index is 2.38. The molecular formula is C20H36. The topological polar surface area (TPSA) is 0 Å². The van der Waals surface area contributed by atoms with Crippen molar-refractivity contribution in [3.05, 3.63) is 24.3 Å². The lowest BCUT2D eigenvalue weighted by Crippen LogP contribution is -1.83. The van der Waals surface area contributed by atoms with Crippen LogP contribution in [0.2, 0.25) is 0 Å². The fourth-order valence-electron chi connectivity index (χ4n) is 2.98. The molecule has 0 aliphatic heterocycles. The highest BCUT2D eigenvalue weighted by Crippen LogP contribution is 2.13. The van der Waals surface area contributed by atoms with E-state index in [2.05, 4.69) is 24.3 Å². The molecule has 0 spiro atoms. The molecule has 0 atom stereocenters. The van der Waals surface area contributed by atoms with Gasteiger partial charge in [-0.2, -0.15) is 0 Å². The van der Waals surface area contributed by atoms with Crippen LogP contribution in [0.15, 0.2) is 24.3 Å². The Morgan fingerprint density at radius 3 is 0.950 bits per heavy atom. The van der Waals surface area contributed by atoms with Crippen molar-refractivity contribution in [3.63, 3.8) is 0 Å². The summed E-state index contributed by atoms with van der Waals surface area (Å²) in [5.74, 6) is 0. The highest BCUT2D eigenvalue weighted by Gasteiger charge is 1.94. The van der Waals surface area contributed by atoms with Gasteiger partial charge in [-0.05, 0) is 32.1 Å². The molecule has 0 aromatic heterocycles. The highest BCUT2D eigenvalue weighted by atomic mass is 14.0. The molecule has 1 aliphatic carbocycles. The first kappa shape index (κ1) is 17.5. The summed E-state index contributed by atoms with van der Waals surface area (Å²) in [6.45, 7) is 0. The summed E-state index contributed by atoms with van der Waals surface area (Å²) in [5, 5.41) is 0. The third kappa shape index (κ3) is 12.5. The molecule has 0 bridgehead atoms. The van der Waals surface area contributed by atoms with Gasteiger partial charge in [0, 0.05) is 0 Å². The minimum Gasteiger partial charge on any atom is -0.0882 e. The lowest BCUT2D eigenvalue weighted by atomic mass is 10.0. The van der Waals surface area contributed by atoms with Gasteiger partial charge in [-0.1, -0.05) is 94.9 Å². The van der Waals surface area contributed by atoms with E-state index in [0.29, 0.717) is 0 Å². The van der Waals surface area contributed by atoms with Gasteiger partial charge in [-0.25, -0.2) is 0 Å². The monoisotopic (exact) mass is 276 g/mol. The zero-order chi connectivity index (χ0) is 14.1. The number of hydrogen-bond acceptors (Lipinski definition) is 0. The van der Waals surface area contributed by atoms with Crippen LogP contribution in [0.3, 0.4) is 0 Å².